The lowest BCUT2D eigenvalue weighted by Gasteiger charge is -2.14. The van der Waals surface area contributed by atoms with E-state index >= 15 is 0 Å². The zero-order valence-electron chi connectivity index (χ0n) is 18.1. The van der Waals surface area contributed by atoms with Gasteiger partial charge in [-0.1, -0.05) is 30.3 Å². The maximum atomic E-state index is 12.9. The van der Waals surface area contributed by atoms with Crippen LogP contribution in [-0.2, 0) is 31.3 Å². The minimum atomic E-state index is -3.98. The predicted molar refractivity (Wildman–Crippen MR) is 126 cm³/mol. The number of benzene rings is 3. The molecule has 0 amide bonds. The van der Waals surface area contributed by atoms with Gasteiger partial charge in [-0.15, -0.1) is 0 Å². The van der Waals surface area contributed by atoms with Crippen molar-refractivity contribution in [3.63, 3.8) is 0 Å². The molecule has 174 valence electrons. The number of aliphatic carboxylic acids is 1. The summed E-state index contributed by atoms with van der Waals surface area (Å²) in [6, 6.07) is 17.0. The van der Waals surface area contributed by atoms with Gasteiger partial charge in [-0.25, -0.2) is 16.8 Å². The van der Waals surface area contributed by atoms with Crippen LogP contribution in [0.25, 0.3) is 0 Å². The lowest BCUT2D eigenvalue weighted by molar-refractivity contribution is -0.136. The summed E-state index contributed by atoms with van der Waals surface area (Å²) in [5.41, 5.74) is 2.55. The second-order valence-corrected chi connectivity index (χ2v) is 10.9. The third-order valence-corrected chi connectivity index (χ3v) is 7.78. The molecule has 0 aliphatic heterocycles. The molecule has 0 unspecified atom stereocenters. The van der Waals surface area contributed by atoms with Gasteiger partial charge in [0, 0.05) is 12.1 Å². The van der Waals surface area contributed by atoms with Gasteiger partial charge in [0.05, 0.1) is 15.5 Å². The number of anilines is 2. The summed E-state index contributed by atoms with van der Waals surface area (Å²) >= 11 is 0. The topological polar surface area (TPSA) is 130 Å². The summed E-state index contributed by atoms with van der Waals surface area (Å²) in [5, 5.41) is 8.76. The molecule has 0 aliphatic rings. The van der Waals surface area contributed by atoms with Gasteiger partial charge in [0.25, 0.3) is 20.0 Å². The Kier molecular flexibility index (Phi) is 7.09. The first-order valence-corrected chi connectivity index (χ1v) is 13.0. The third-order valence-electron chi connectivity index (χ3n) is 4.86. The smallest absolute Gasteiger partial charge is 0.303 e. The van der Waals surface area contributed by atoms with E-state index in [9.17, 15) is 21.6 Å². The molecule has 0 aromatic heterocycles. The van der Waals surface area contributed by atoms with E-state index in [2.05, 4.69) is 9.44 Å². The highest BCUT2D eigenvalue weighted by atomic mass is 32.2. The van der Waals surface area contributed by atoms with E-state index in [1.165, 1.54) is 30.3 Å². The van der Waals surface area contributed by atoms with Crippen LogP contribution in [0.2, 0.25) is 0 Å². The van der Waals surface area contributed by atoms with Gasteiger partial charge in [-0.3, -0.25) is 14.2 Å². The maximum Gasteiger partial charge on any atom is 0.303 e. The Balaban J connectivity index is 1.83. The van der Waals surface area contributed by atoms with E-state index < -0.39 is 26.0 Å². The number of nitrogens with one attached hydrogen (secondary N) is 2. The summed E-state index contributed by atoms with van der Waals surface area (Å²) < 4.78 is 56.4. The number of carboxylic acid groups (broad SMARTS) is 1. The molecule has 0 saturated heterocycles. The van der Waals surface area contributed by atoms with Crippen molar-refractivity contribution in [3.8, 4) is 0 Å². The molecule has 0 atom stereocenters. The van der Waals surface area contributed by atoms with Gasteiger partial charge in [0.15, 0.2) is 0 Å². The highest BCUT2D eigenvalue weighted by Crippen LogP contribution is 2.25. The largest absolute Gasteiger partial charge is 0.481 e. The molecule has 3 aromatic rings. The van der Waals surface area contributed by atoms with E-state index in [1.807, 2.05) is 13.0 Å². The number of sulfonamides is 2. The number of hydrogen-bond donors (Lipinski definition) is 3. The first-order chi connectivity index (χ1) is 15.5. The molecular weight excluding hydrogens is 464 g/mol. The minimum absolute atomic E-state index is 0.0237. The molecule has 0 bridgehead atoms. The fourth-order valence-corrected chi connectivity index (χ4v) is 5.54. The maximum absolute atomic E-state index is 12.9. The van der Waals surface area contributed by atoms with Crippen molar-refractivity contribution >= 4 is 37.4 Å². The van der Waals surface area contributed by atoms with Crippen molar-refractivity contribution in [2.24, 2.45) is 0 Å². The van der Waals surface area contributed by atoms with Gasteiger partial charge >= 0.3 is 5.97 Å². The summed E-state index contributed by atoms with van der Waals surface area (Å²) in [7, 11) is -7.94. The normalized spacial score (nSPS) is 11.7. The molecule has 0 fully saturated rings. The van der Waals surface area contributed by atoms with E-state index in [1.54, 1.807) is 37.3 Å². The zero-order valence-corrected chi connectivity index (χ0v) is 19.7. The zero-order chi connectivity index (χ0) is 24.2. The van der Waals surface area contributed by atoms with Crippen LogP contribution in [0.3, 0.4) is 0 Å². The Morgan fingerprint density at radius 1 is 0.818 bits per heavy atom. The molecule has 0 saturated carbocycles. The van der Waals surface area contributed by atoms with Crippen LogP contribution in [-0.4, -0.2) is 27.9 Å². The first-order valence-electron chi connectivity index (χ1n) is 10.00. The Morgan fingerprint density at radius 3 is 2.09 bits per heavy atom. The molecule has 3 N–H and O–H groups in total. The van der Waals surface area contributed by atoms with Gasteiger partial charge in [0.1, 0.15) is 0 Å². The molecule has 0 radical (unpaired) electrons. The Labute approximate surface area is 193 Å². The van der Waals surface area contributed by atoms with E-state index in [-0.39, 0.29) is 28.3 Å². The van der Waals surface area contributed by atoms with Gasteiger partial charge < -0.3 is 5.11 Å². The van der Waals surface area contributed by atoms with Crippen molar-refractivity contribution < 1.29 is 26.7 Å². The first kappa shape index (κ1) is 24.3. The van der Waals surface area contributed by atoms with Crippen LogP contribution in [0.4, 0.5) is 11.4 Å². The van der Waals surface area contributed by atoms with Crippen molar-refractivity contribution in [2.75, 3.05) is 9.44 Å². The quantitative estimate of drug-likeness (QED) is 0.419. The fourth-order valence-electron chi connectivity index (χ4n) is 3.17. The number of carbonyl (C=O) groups is 1. The molecule has 3 aromatic carbocycles. The molecule has 33 heavy (non-hydrogen) atoms. The molecule has 0 aliphatic carbocycles. The van der Waals surface area contributed by atoms with Crippen molar-refractivity contribution in [1.29, 1.82) is 0 Å². The summed E-state index contributed by atoms with van der Waals surface area (Å²) in [6.45, 7) is 3.47. The minimum Gasteiger partial charge on any atom is -0.481 e. The average molecular weight is 489 g/mol. The molecule has 3 rings (SSSR count). The Bertz CT molecular complexity index is 1380. The van der Waals surface area contributed by atoms with Crippen LogP contribution in [0.1, 0.15) is 23.1 Å². The highest BCUT2D eigenvalue weighted by molar-refractivity contribution is 7.93. The fraction of sp³-hybridized carbons (Fsp3) is 0.174. The average Bonchev–Trinajstić information content (AvgIpc) is 2.73. The Hall–Kier alpha value is -3.37. The number of aryl methyl sites for hydroxylation is 3. The van der Waals surface area contributed by atoms with Crippen molar-refractivity contribution in [2.45, 2.75) is 36.5 Å². The van der Waals surface area contributed by atoms with E-state index in [0.29, 0.717) is 16.8 Å². The molecule has 10 heteroatoms. The van der Waals surface area contributed by atoms with Crippen LogP contribution >= 0.6 is 0 Å². The van der Waals surface area contributed by atoms with Crippen molar-refractivity contribution in [1.82, 2.24) is 0 Å². The van der Waals surface area contributed by atoms with Crippen LogP contribution in [0.15, 0.2) is 76.5 Å². The summed E-state index contributed by atoms with van der Waals surface area (Å²) in [5.74, 6) is -0.935. The standard InChI is InChI=1S/C23H24N2O6S2/c1-16-4-3-5-19(14-16)25-33(30,31)22-15-20(10-6-17(22)2)24-32(28,29)21-11-7-18(8-12-21)9-13-23(26)27/h3-8,10-12,14-15,24-25H,9,13H2,1-2H3,(H,26,27). The van der Waals surface area contributed by atoms with E-state index in [0.717, 1.165) is 5.56 Å². The Morgan fingerprint density at radius 2 is 1.45 bits per heavy atom. The number of carboxylic acids is 1. The highest BCUT2D eigenvalue weighted by Gasteiger charge is 2.20. The molecule has 8 nitrogen and oxygen atoms in total. The van der Waals surface area contributed by atoms with Crippen LogP contribution in [0.5, 0.6) is 0 Å². The summed E-state index contributed by atoms with van der Waals surface area (Å²) in [6.07, 6.45) is 0.234. The molecule has 0 spiro atoms. The predicted octanol–water partition coefficient (Wildman–Crippen LogP) is 3.92. The number of rotatable bonds is 9. The van der Waals surface area contributed by atoms with Gasteiger partial charge in [-0.05, 0) is 73.4 Å². The monoisotopic (exact) mass is 488 g/mol. The second-order valence-electron chi connectivity index (χ2n) is 7.60. The third kappa shape index (κ3) is 6.33. The van der Waals surface area contributed by atoms with Crippen molar-refractivity contribution in [3.05, 3.63) is 83.4 Å². The molecular formula is C23H24N2O6S2. The van der Waals surface area contributed by atoms with Gasteiger partial charge in [0.2, 0.25) is 0 Å². The molecule has 0 heterocycles. The summed E-state index contributed by atoms with van der Waals surface area (Å²) in [4.78, 5) is 10.6. The lowest BCUT2D eigenvalue weighted by atomic mass is 10.1. The van der Waals surface area contributed by atoms with Crippen LogP contribution < -0.4 is 9.44 Å². The van der Waals surface area contributed by atoms with E-state index in [4.69, 9.17) is 5.11 Å². The van der Waals surface area contributed by atoms with Crippen LogP contribution in [0, 0.1) is 13.8 Å². The SMILES string of the molecule is Cc1cccc(NS(=O)(=O)c2cc(NS(=O)(=O)c3ccc(CCC(=O)O)cc3)ccc2C)c1. The lowest BCUT2D eigenvalue weighted by Crippen LogP contribution is -2.16. The van der Waals surface area contributed by atoms with Gasteiger partial charge in [-0.2, -0.15) is 0 Å². The second kappa shape index (κ2) is 9.63. The number of hydrogen-bond acceptors (Lipinski definition) is 5.